The van der Waals surface area contributed by atoms with Crippen molar-refractivity contribution in [3.8, 4) is 5.75 Å². The molecule has 0 spiro atoms. The molecule has 0 radical (unpaired) electrons. The second-order valence-corrected chi connectivity index (χ2v) is 6.35. The number of anilines is 1. The first-order valence-corrected chi connectivity index (χ1v) is 9.38. The van der Waals surface area contributed by atoms with Crippen LogP contribution in [-0.2, 0) is 19.1 Å². The van der Waals surface area contributed by atoms with Crippen molar-refractivity contribution in [1.29, 1.82) is 0 Å². The van der Waals surface area contributed by atoms with E-state index in [0.29, 0.717) is 21.7 Å². The molecule has 0 aliphatic carbocycles. The maximum atomic E-state index is 12.5. The normalized spacial score (nSPS) is 10.6. The van der Waals surface area contributed by atoms with E-state index in [0.717, 1.165) is 6.20 Å². The van der Waals surface area contributed by atoms with Crippen LogP contribution in [0.1, 0.15) is 19.4 Å². The van der Waals surface area contributed by atoms with Crippen LogP contribution in [0.2, 0.25) is 0 Å². The third-order valence-electron chi connectivity index (χ3n) is 4.48. The van der Waals surface area contributed by atoms with Crippen LogP contribution >= 0.6 is 0 Å². The predicted octanol–water partition coefficient (Wildman–Crippen LogP) is 3.38. The van der Waals surface area contributed by atoms with Crippen LogP contribution in [-0.4, -0.2) is 30.3 Å². The average molecular weight is 411 g/mol. The van der Waals surface area contributed by atoms with Crippen molar-refractivity contribution in [3.63, 3.8) is 0 Å². The van der Waals surface area contributed by atoms with E-state index in [9.17, 15) is 19.5 Å². The number of aromatic hydroxyl groups is 1. The maximum absolute atomic E-state index is 12.5. The molecule has 0 fully saturated rings. The standard InChI is InChI=1S/C22H21NO7/c1-4-28-20(25)16(21(26)29-5-2)11-23-17-10-15-13-8-6-7-9-14(13)18(24)12(3)19(15)30-22(17)27/h6-11,23-24H,4-5H2,1-3H3. The Hall–Kier alpha value is -3.81. The number of carbonyl (C=O) groups is 2. The lowest BCUT2D eigenvalue weighted by Crippen LogP contribution is -2.20. The van der Waals surface area contributed by atoms with Crippen molar-refractivity contribution in [2.45, 2.75) is 20.8 Å². The summed E-state index contributed by atoms with van der Waals surface area (Å²) in [5.74, 6) is -1.71. The van der Waals surface area contributed by atoms with Crippen molar-refractivity contribution in [2.75, 3.05) is 18.5 Å². The fourth-order valence-electron chi connectivity index (χ4n) is 3.05. The lowest BCUT2D eigenvalue weighted by atomic mass is 10.0. The third kappa shape index (κ3) is 3.84. The first-order chi connectivity index (χ1) is 14.4. The van der Waals surface area contributed by atoms with Gasteiger partial charge in [-0.1, -0.05) is 24.3 Å². The molecule has 0 bridgehead atoms. The van der Waals surface area contributed by atoms with Crippen LogP contribution in [0.15, 0.2) is 51.3 Å². The molecule has 8 nitrogen and oxygen atoms in total. The fraction of sp³-hybridized carbons (Fsp3) is 0.227. The molecule has 0 saturated heterocycles. The van der Waals surface area contributed by atoms with Gasteiger partial charge in [0, 0.05) is 22.5 Å². The van der Waals surface area contributed by atoms with Gasteiger partial charge >= 0.3 is 17.6 Å². The van der Waals surface area contributed by atoms with Gasteiger partial charge in [0.2, 0.25) is 0 Å². The predicted molar refractivity (Wildman–Crippen MR) is 111 cm³/mol. The Balaban J connectivity index is 2.13. The van der Waals surface area contributed by atoms with Gasteiger partial charge in [0.15, 0.2) is 5.57 Å². The van der Waals surface area contributed by atoms with Crippen LogP contribution in [0, 0.1) is 6.92 Å². The number of phenolic OH excluding ortho intramolecular Hbond substituents is 1. The van der Waals surface area contributed by atoms with Gasteiger partial charge in [-0.3, -0.25) is 0 Å². The summed E-state index contributed by atoms with van der Waals surface area (Å²) in [5.41, 5.74) is -0.430. The Morgan fingerprint density at radius 2 is 1.67 bits per heavy atom. The minimum atomic E-state index is -0.875. The molecule has 2 N–H and O–H groups in total. The summed E-state index contributed by atoms with van der Waals surface area (Å²) < 4.78 is 15.2. The molecule has 3 rings (SSSR count). The number of phenols is 1. The number of hydrogen-bond donors (Lipinski definition) is 2. The summed E-state index contributed by atoms with van der Waals surface area (Å²) in [4.78, 5) is 36.6. The largest absolute Gasteiger partial charge is 0.507 e. The number of aryl methyl sites for hydroxylation is 1. The van der Waals surface area contributed by atoms with E-state index in [-0.39, 0.29) is 35.8 Å². The summed E-state index contributed by atoms with van der Waals surface area (Å²) in [7, 11) is 0. The van der Waals surface area contributed by atoms with E-state index in [2.05, 4.69) is 5.32 Å². The van der Waals surface area contributed by atoms with E-state index in [4.69, 9.17) is 13.9 Å². The van der Waals surface area contributed by atoms with Crippen molar-refractivity contribution in [2.24, 2.45) is 0 Å². The summed E-state index contributed by atoms with van der Waals surface area (Å²) >= 11 is 0. The van der Waals surface area contributed by atoms with Crippen molar-refractivity contribution >= 4 is 39.4 Å². The Bertz CT molecular complexity index is 1200. The molecule has 8 heteroatoms. The SMILES string of the molecule is CCOC(=O)C(=CNc1cc2c(oc1=O)c(C)c(O)c1ccccc12)C(=O)OCC. The van der Waals surface area contributed by atoms with Gasteiger partial charge in [-0.05, 0) is 32.2 Å². The smallest absolute Gasteiger partial charge is 0.360 e. The van der Waals surface area contributed by atoms with Gasteiger partial charge in [0.25, 0.3) is 0 Å². The van der Waals surface area contributed by atoms with Gasteiger partial charge in [0.1, 0.15) is 17.0 Å². The monoisotopic (exact) mass is 411 g/mol. The highest BCUT2D eigenvalue weighted by molar-refractivity contribution is 6.14. The molecule has 156 valence electrons. The van der Waals surface area contributed by atoms with Gasteiger partial charge in [-0.25, -0.2) is 14.4 Å². The molecule has 2 aromatic carbocycles. The molecule has 1 aromatic heterocycles. The molecule has 0 atom stereocenters. The molecule has 0 aliphatic rings. The van der Waals surface area contributed by atoms with Crippen LogP contribution < -0.4 is 10.9 Å². The number of nitrogens with one attached hydrogen (secondary N) is 1. The van der Waals surface area contributed by atoms with E-state index in [1.165, 1.54) is 0 Å². The minimum absolute atomic E-state index is 0.00356. The van der Waals surface area contributed by atoms with Gasteiger partial charge in [0.05, 0.1) is 13.2 Å². The summed E-state index contributed by atoms with van der Waals surface area (Å²) in [6, 6.07) is 8.68. The van der Waals surface area contributed by atoms with E-state index in [1.54, 1.807) is 51.1 Å². The van der Waals surface area contributed by atoms with Gasteiger partial charge < -0.3 is 24.3 Å². The molecular formula is C22H21NO7. The first kappa shape index (κ1) is 20.9. The zero-order chi connectivity index (χ0) is 21.8. The van der Waals surface area contributed by atoms with E-state index < -0.39 is 17.6 Å². The Kier molecular flexibility index (Phi) is 6.06. The average Bonchev–Trinajstić information content (AvgIpc) is 2.73. The number of esters is 2. The number of carbonyl (C=O) groups excluding carboxylic acids is 2. The number of hydrogen-bond acceptors (Lipinski definition) is 8. The topological polar surface area (TPSA) is 115 Å². The van der Waals surface area contributed by atoms with Crippen molar-refractivity contribution in [3.05, 3.63) is 58.1 Å². The van der Waals surface area contributed by atoms with Crippen molar-refractivity contribution < 1.29 is 28.6 Å². The Labute approximate surface area is 171 Å². The van der Waals surface area contributed by atoms with Crippen LogP contribution in [0.25, 0.3) is 21.7 Å². The number of benzene rings is 2. The highest BCUT2D eigenvalue weighted by Gasteiger charge is 2.21. The lowest BCUT2D eigenvalue weighted by Gasteiger charge is -2.11. The fourth-order valence-corrected chi connectivity index (χ4v) is 3.05. The highest BCUT2D eigenvalue weighted by atomic mass is 16.6. The minimum Gasteiger partial charge on any atom is -0.507 e. The quantitative estimate of drug-likeness (QED) is 0.158. The summed E-state index contributed by atoms with van der Waals surface area (Å²) in [5, 5.41) is 15.0. The van der Waals surface area contributed by atoms with Crippen LogP contribution in [0.3, 0.4) is 0 Å². The van der Waals surface area contributed by atoms with Crippen LogP contribution in [0.5, 0.6) is 5.75 Å². The molecular weight excluding hydrogens is 390 g/mol. The molecule has 3 aromatic rings. The van der Waals surface area contributed by atoms with Gasteiger partial charge in [-0.15, -0.1) is 0 Å². The zero-order valence-corrected chi connectivity index (χ0v) is 16.8. The molecule has 0 unspecified atom stereocenters. The Morgan fingerprint density at radius 1 is 1.07 bits per heavy atom. The first-order valence-electron chi connectivity index (χ1n) is 9.38. The molecule has 0 amide bonds. The van der Waals surface area contributed by atoms with E-state index >= 15 is 0 Å². The van der Waals surface area contributed by atoms with E-state index in [1.807, 2.05) is 0 Å². The molecule has 0 saturated carbocycles. The molecule has 30 heavy (non-hydrogen) atoms. The summed E-state index contributed by atoms with van der Waals surface area (Å²) in [6.07, 6.45) is 1.06. The van der Waals surface area contributed by atoms with Gasteiger partial charge in [-0.2, -0.15) is 0 Å². The number of rotatable bonds is 6. The van der Waals surface area contributed by atoms with Crippen molar-refractivity contribution in [1.82, 2.24) is 0 Å². The number of fused-ring (bicyclic) bond motifs is 3. The third-order valence-corrected chi connectivity index (χ3v) is 4.48. The zero-order valence-electron chi connectivity index (χ0n) is 16.8. The number of ether oxygens (including phenoxy) is 2. The molecule has 1 heterocycles. The van der Waals surface area contributed by atoms with Crippen LogP contribution in [0.4, 0.5) is 5.69 Å². The summed E-state index contributed by atoms with van der Waals surface area (Å²) in [6.45, 7) is 5.01. The maximum Gasteiger partial charge on any atom is 0.360 e. The Morgan fingerprint density at radius 3 is 2.27 bits per heavy atom. The second kappa shape index (κ2) is 8.69. The lowest BCUT2D eigenvalue weighted by molar-refractivity contribution is -0.146. The highest BCUT2D eigenvalue weighted by Crippen LogP contribution is 2.36. The molecule has 0 aliphatic heterocycles. The second-order valence-electron chi connectivity index (χ2n) is 6.35.